The van der Waals surface area contributed by atoms with Crippen LogP contribution in [-0.4, -0.2) is 10.2 Å². The minimum Gasteiger partial charge on any atom is -0.192 e. The van der Waals surface area contributed by atoms with E-state index in [9.17, 15) is 0 Å². The van der Waals surface area contributed by atoms with Crippen LogP contribution >= 0.6 is 23.1 Å². The van der Waals surface area contributed by atoms with E-state index < -0.39 is 0 Å². The van der Waals surface area contributed by atoms with Gasteiger partial charge in [0.15, 0.2) is 4.34 Å². The van der Waals surface area contributed by atoms with Crippen LogP contribution < -0.4 is 0 Å². The molecule has 0 aliphatic heterocycles. The lowest BCUT2D eigenvalue weighted by atomic mass is 10.1. The topological polar surface area (TPSA) is 49.6 Å². The van der Waals surface area contributed by atoms with Gasteiger partial charge in [0.1, 0.15) is 5.01 Å². The van der Waals surface area contributed by atoms with Crippen LogP contribution in [0.25, 0.3) is 10.8 Å². The summed E-state index contributed by atoms with van der Waals surface area (Å²) in [5.74, 6) is 0. The van der Waals surface area contributed by atoms with Crippen LogP contribution in [0.1, 0.15) is 10.6 Å². The van der Waals surface area contributed by atoms with E-state index >= 15 is 0 Å². The SMILES string of the molecule is Cc1nnc(Sc2ccc(C#N)c3ccccc23)s1. The third-order valence-corrected chi connectivity index (χ3v) is 4.67. The van der Waals surface area contributed by atoms with Crippen LogP contribution in [0.3, 0.4) is 0 Å². The molecule has 0 saturated carbocycles. The molecule has 19 heavy (non-hydrogen) atoms. The van der Waals surface area contributed by atoms with Crippen LogP contribution in [0, 0.1) is 18.3 Å². The number of nitriles is 1. The molecule has 1 aromatic heterocycles. The van der Waals surface area contributed by atoms with Crippen molar-refractivity contribution in [2.45, 2.75) is 16.2 Å². The molecule has 1 heterocycles. The van der Waals surface area contributed by atoms with E-state index in [1.807, 2.05) is 43.3 Å². The van der Waals surface area contributed by atoms with Gasteiger partial charge in [-0.1, -0.05) is 47.4 Å². The van der Waals surface area contributed by atoms with Gasteiger partial charge < -0.3 is 0 Å². The largest absolute Gasteiger partial charge is 0.192 e. The number of aryl methyl sites for hydroxylation is 1. The van der Waals surface area contributed by atoms with Crippen molar-refractivity contribution in [2.24, 2.45) is 0 Å². The number of nitrogens with zero attached hydrogens (tertiary/aromatic N) is 3. The molecule has 92 valence electrons. The van der Waals surface area contributed by atoms with E-state index in [2.05, 4.69) is 16.3 Å². The van der Waals surface area contributed by atoms with Crippen LogP contribution in [-0.2, 0) is 0 Å². The quantitative estimate of drug-likeness (QED) is 0.712. The number of rotatable bonds is 2. The molecule has 0 N–H and O–H groups in total. The standard InChI is InChI=1S/C14H9N3S2/c1-9-16-17-14(18-9)19-13-7-6-10(8-15)11-4-2-3-5-12(11)13/h2-7H,1H3. The van der Waals surface area contributed by atoms with E-state index in [4.69, 9.17) is 5.26 Å². The Labute approximate surface area is 118 Å². The Morgan fingerprint density at radius 1 is 1.11 bits per heavy atom. The van der Waals surface area contributed by atoms with Gasteiger partial charge in [0.05, 0.1) is 11.6 Å². The van der Waals surface area contributed by atoms with Crippen molar-refractivity contribution in [3.05, 3.63) is 47.0 Å². The summed E-state index contributed by atoms with van der Waals surface area (Å²) in [5.41, 5.74) is 0.702. The van der Waals surface area contributed by atoms with Gasteiger partial charge in [-0.05, 0) is 24.4 Å². The minimum atomic E-state index is 0.702. The average Bonchev–Trinajstić information content (AvgIpc) is 2.85. The van der Waals surface area contributed by atoms with Crippen LogP contribution in [0.4, 0.5) is 0 Å². The Morgan fingerprint density at radius 3 is 2.58 bits per heavy atom. The predicted molar refractivity (Wildman–Crippen MR) is 77.4 cm³/mol. The van der Waals surface area contributed by atoms with Crippen LogP contribution in [0.2, 0.25) is 0 Å². The van der Waals surface area contributed by atoms with Crippen LogP contribution in [0.15, 0.2) is 45.6 Å². The molecule has 0 aliphatic rings. The lowest BCUT2D eigenvalue weighted by Crippen LogP contribution is -1.83. The normalized spacial score (nSPS) is 10.5. The molecule has 5 heteroatoms. The molecule has 3 nitrogen and oxygen atoms in total. The Hall–Kier alpha value is -1.90. The van der Waals surface area contributed by atoms with Gasteiger partial charge in [0.2, 0.25) is 0 Å². The summed E-state index contributed by atoms with van der Waals surface area (Å²) < 4.78 is 0.923. The Bertz CT molecular complexity index is 787. The summed E-state index contributed by atoms with van der Waals surface area (Å²) in [6.45, 7) is 1.94. The van der Waals surface area contributed by atoms with Gasteiger partial charge in [-0.25, -0.2) is 0 Å². The molecule has 2 aromatic carbocycles. The van der Waals surface area contributed by atoms with E-state index in [1.54, 1.807) is 23.1 Å². The summed E-state index contributed by atoms with van der Waals surface area (Å²) >= 11 is 3.17. The first-order valence-electron chi connectivity index (χ1n) is 5.68. The highest BCUT2D eigenvalue weighted by molar-refractivity contribution is 8.01. The summed E-state index contributed by atoms with van der Waals surface area (Å²) in [6.07, 6.45) is 0. The fraction of sp³-hybridized carbons (Fsp3) is 0.0714. The highest BCUT2D eigenvalue weighted by atomic mass is 32.2. The molecular weight excluding hydrogens is 274 g/mol. The molecule has 0 radical (unpaired) electrons. The number of hydrogen-bond donors (Lipinski definition) is 0. The van der Waals surface area contributed by atoms with Crippen molar-refractivity contribution in [1.29, 1.82) is 5.26 Å². The van der Waals surface area contributed by atoms with Crippen molar-refractivity contribution in [2.75, 3.05) is 0 Å². The smallest absolute Gasteiger partial charge is 0.179 e. The van der Waals surface area contributed by atoms with E-state index in [0.29, 0.717) is 5.56 Å². The Balaban J connectivity index is 2.12. The fourth-order valence-electron chi connectivity index (χ4n) is 1.87. The predicted octanol–water partition coefficient (Wildman–Crippen LogP) is 4.02. The van der Waals surface area contributed by atoms with Crippen molar-refractivity contribution in [3.8, 4) is 6.07 Å². The van der Waals surface area contributed by atoms with Crippen molar-refractivity contribution < 1.29 is 0 Å². The monoisotopic (exact) mass is 283 g/mol. The number of fused-ring (bicyclic) bond motifs is 1. The van der Waals surface area contributed by atoms with Crippen LogP contribution in [0.5, 0.6) is 0 Å². The summed E-state index contributed by atoms with van der Waals surface area (Å²) in [5, 5.41) is 20.3. The van der Waals surface area contributed by atoms with Gasteiger partial charge in [0.25, 0.3) is 0 Å². The van der Waals surface area contributed by atoms with Gasteiger partial charge in [-0.2, -0.15) is 5.26 Å². The Morgan fingerprint density at radius 2 is 1.89 bits per heavy atom. The van der Waals surface area contributed by atoms with Crippen molar-refractivity contribution >= 4 is 33.9 Å². The highest BCUT2D eigenvalue weighted by Crippen LogP contribution is 2.35. The molecule has 0 saturated heterocycles. The second kappa shape index (κ2) is 5.00. The molecule has 0 bridgehead atoms. The lowest BCUT2D eigenvalue weighted by Gasteiger charge is -2.05. The zero-order valence-corrected chi connectivity index (χ0v) is 11.8. The van der Waals surface area contributed by atoms with Gasteiger partial charge >= 0.3 is 0 Å². The molecule has 0 fully saturated rings. The summed E-state index contributed by atoms with van der Waals surface area (Å²) in [4.78, 5) is 1.10. The molecular formula is C14H9N3S2. The van der Waals surface area contributed by atoms with E-state index in [1.165, 1.54) is 0 Å². The van der Waals surface area contributed by atoms with Crippen molar-refractivity contribution in [1.82, 2.24) is 10.2 Å². The molecule has 0 atom stereocenters. The van der Waals surface area contributed by atoms with E-state index in [0.717, 1.165) is 25.0 Å². The molecule has 3 aromatic rings. The second-order valence-corrected chi connectivity index (χ2v) is 6.43. The Kier molecular flexibility index (Phi) is 3.20. The zero-order chi connectivity index (χ0) is 13.2. The van der Waals surface area contributed by atoms with Gasteiger partial charge in [-0.3, -0.25) is 0 Å². The zero-order valence-electron chi connectivity index (χ0n) is 10.1. The lowest BCUT2D eigenvalue weighted by molar-refractivity contribution is 0.984. The summed E-state index contributed by atoms with van der Waals surface area (Å²) in [6, 6.07) is 14.0. The van der Waals surface area contributed by atoms with Crippen molar-refractivity contribution in [3.63, 3.8) is 0 Å². The minimum absolute atomic E-state index is 0.702. The maximum atomic E-state index is 9.14. The number of hydrogen-bond acceptors (Lipinski definition) is 5. The molecule has 0 spiro atoms. The number of aromatic nitrogens is 2. The maximum absolute atomic E-state index is 9.14. The van der Waals surface area contributed by atoms with E-state index in [-0.39, 0.29) is 0 Å². The molecule has 0 aliphatic carbocycles. The first-order valence-corrected chi connectivity index (χ1v) is 7.31. The second-order valence-electron chi connectivity index (χ2n) is 3.96. The number of benzene rings is 2. The first-order chi connectivity index (χ1) is 9.28. The van der Waals surface area contributed by atoms with Gasteiger partial charge in [0, 0.05) is 10.3 Å². The third-order valence-electron chi connectivity index (χ3n) is 2.71. The molecule has 0 amide bonds. The molecule has 3 rings (SSSR count). The highest BCUT2D eigenvalue weighted by Gasteiger charge is 2.09. The van der Waals surface area contributed by atoms with Gasteiger partial charge in [-0.15, -0.1) is 10.2 Å². The fourth-order valence-corrected chi connectivity index (χ4v) is 3.78. The first kappa shape index (κ1) is 12.2. The molecule has 0 unspecified atom stereocenters. The third kappa shape index (κ3) is 2.33. The summed E-state index contributed by atoms with van der Waals surface area (Å²) in [7, 11) is 0. The maximum Gasteiger partial charge on any atom is 0.179 e. The average molecular weight is 283 g/mol.